The molecule has 8 nitrogen and oxygen atoms in total. The fourth-order valence-electron chi connectivity index (χ4n) is 3.35. The van der Waals surface area contributed by atoms with Crippen molar-refractivity contribution < 1.29 is 14.3 Å². The highest BCUT2D eigenvalue weighted by atomic mass is 35.5. The molecule has 1 aromatic heterocycles. The number of rotatable bonds is 5. The molecule has 160 valence electrons. The Labute approximate surface area is 184 Å². The molecule has 4 rings (SSSR count). The molecule has 0 spiro atoms. The number of hydrogen-bond acceptors (Lipinski definition) is 4. The normalized spacial score (nSPS) is 12.2. The highest BCUT2D eigenvalue weighted by molar-refractivity contribution is 6.31. The van der Waals surface area contributed by atoms with Crippen LogP contribution in [-0.4, -0.2) is 21.9 Å². The number of ether oxygens (including phenoxy) is 1. The number of hydrogen-bond donors (Lipinski definition) is 3. The van der Waals surface area contributed by atoms with E-state index < -0.39 is 6.03 Å². The lowest BCUT2D eigenvalue weighted by atomic mass is 10.1. The largest absolute Gasteiger partial charge is 0.455 e. The van der Waals surface area contributed by atoms with E-state index in [9.17, 15) is 9.59 Å². The number of anilines is 1. The molecule has 2 aromatic carbocycles. The summed E-state index contributed by atoms with van der Waals surface area (Å²) in [6.07, 6.45) is 6.08. The second-order valence-electron chi connectivity index (χ2n) is 7.17. The Balaban J connectivity index is 1.37. The summed E-state index contributed by atoms with van der Waals surface area (Å²) in [6.45, 7) is 0.273. The first kappa shape index (κ1) is 20.7. The lowest BCUT2D eigenvalue weighted by Gasteiger charge is -2.22. The second-order valence-corrected chi connectivity index (χ2v) is 7.61. The number of carbonyl (C=O) groups excluding carboxylic acids is 2. The third-order valence-corrected chi connectivity index (χ3v) is 5.18. The number of fused-ring (bicyclic) bond motifs is 2. The van der Waals surface area contributed by atoms with E-state index in [4.69, 9.17) is 16.3 Å². The number of halogens is 1. The fourth-order valence-corrected chi connectivity index (χ4v) is 3.52. The second kappa shape index (κ2) is 9.53. The van der Waals surface area contributed by atoms with Gasteiger partial charge in [-0.1, -0.05) is 29.8 Å². The van der Waals surface area contributed by atoms with E-state index in [-0.39, 0.29) is 12.5 Å². The Morgan fingerprint density at radius 3 is 2.84 bits per heavy atom. The Bertz CT molecular complexity index is 1070. The number of amides is 3. The molecule has 1 aliphatic rings. The highest BCUT2D eigenvalue weighted by Crippen LogP contribution is 2.40. The monoisotopic (exact) mass is 439 g/mol. The lowest BCUT2D eigenvalue weighted by Crippen LogP contribution is -2.48. The molecule has 0 unspecified atom stereocenters. The van der Waals surface area contributed by atoms with Crippen molar-refractivity contribution in [2.45, 2.75) is 32.2 Å². The van der Waals surface area contributed by atoms with Crippen LogP contribution in [0.3, 0.4) is 0 Å². The van der Waals surface area contributed by atoms with Crippen LogP contribution >= 0.6 is 11.6 Å². The van der Waals surface area contributed by atoms with E-state index in [1.807, 2.05) is 24.3 Å². The number of benzene rings is 2. The third-order valence-electron chi connectivity index (χ3n) is 4.94. The van der Waals surface area contributed by atoms with Crippen LogP contribution in [0.2, 0.25) is 5.02 Å². The molecule has 3 amide bonds. The molecule has 0 saturated carbocycles. The van der Waals surface area contributed by atoms with E-state index >= 15 is 0 Å². The standard InChI is InChI=1S/C22H22ClN5O3/c23-16-9-10-20-18(11-16)28(13-15-5-1-3-7-19(15)31-20)22(30)27-26-21(29)8-4-2-6-17-12-24-14-25-17/h1,3,5,7,9-12,14H,2,4,6,8,13H2,(H,24,25)(H,26,29)(H,27,30). The first-order valence-electron chi connectivity index (χ1n) is 9.99. The maximum atomic E-state index is 12.9. The van der Waals surface area contributed by atoms with Crippen LogP contribution in [0.1, 0.15) is 30.5 Å². The maximum absolute atomic E-state index is 12.9. The smallest absolute Gasteiger partial charge is 0.341 e. The molecule has 0 fully saturated rings. The van der Waals surface area contributed by atoms with Crippen LogP contribution < -0.4 is 20.5 Å². The number of aryl methyl sites for hydroxylation is 1. The summed E-state index contributed by atoms with van der Waals surface area (Å²) in [5.41, 5.74) is 7.39. The van der Waals surface area contributed by atoms with E-state index in [0.717, 1.165) is 24.1 Å². The number of H-pyrrole nitrogens is 1. The molecule has 2 heterocycles. The summed E-state index contributed by atoms with van der Waals surface area (Å²) in [7, 11) is 0. The van der Waals surface area contributed by atoms with Crippen LogP contribution in [0.15, 0.2) is 55.0 Å². The summed E-state index contributed by atoms with van der Waals surface area (Å²) in [6, 6.07) is 12.1. The predicted molar refractivity (Wildman–Crippen MR) is 117 cm³/mol. The van der Waals surface area contributed by atoms with Gasteiger partial charge < -0.3 is 9.72 Å². The Morgan fingerprint density at radius 2 is 2.00 bits per heavy atom. The van der Waals surface area contributed by atoms with E-state index in [2.05, 4.69) is 20.8 Å². The van der Waals surface area contributed by atoms with Crippen LogP contribution in [0.25, 0.3) is 0 Å². The summed E-state index contributed by atoms with van der Waals surface area (Å²) in [5.74, 6) is 0.924. The van der Waals surface area contributed by atoms with Crippen molar-refractivity contribution in [3.05, 3.63) is 71.3 Å². The van der Waals surface area contributed by atoms with Gasteiger partial charge >= 0.3 is 6.03 Å². The van der Waals surface area contributed by atoms with Crippen molar-refractivity contribution >= 4 is 29.2 Å². The summed E-state index contributed by atoms with van der Waals surface area (Å²) in [5, 5.41) is 0.479. The van der Waals surface area contributed by atoms with Gasteiger partial charge in [0.2, 0.25) is 5.91 Å². The average molecular weight is 440 g/mol. The lowest BCUT2D eigenvalue weighted by molar-refractivity contribution is -0.121. The van der Waals surface area contributed by atoms with Gasteiger partial charge in [0.25, 0.3) is 0 Å². The van der Waals surface area contributed by atoms with E-state index in [0.29, 0.717) is 35.1 Å². The minimum absolute atomic E-state index is 0.254. The van der Waals surface area contributed by atoms with Crippen LogP contribution in [0.5, 0.6) is 11.5 Å². The van der Waals surface area contributed by atoms with E-state index in [1.165, 1.54) is 4.90 Å². The zero-order chi connectivity index (χ0) is 21.6. The predicted octanol–water partition coefficient (Wildman–Crippen LogP) is 4.33. The van der Waals surface area contributed by atoms with Crippen molar-refractivity contribution in [2.24, 2.45) is 0 Å². The van der Waals surface area contributed by atoms with Crippen molar-refractivity contribution in [2.75, 3.05) is 4.90 Å². The van der Waals surface area contributed by atoms with Gasteiger partial charge in [0.15, 0.2) is 5.75 Å². The van der Waals surface area contributed by atoms with Crippen LogP contribution in [-0.2, 0) is 17.8 Å². The zero-order valence-corrected chi connectivity index (χ0v) is 17.5. The van der Waals surface area contributed by atoms with Gasteiger partial charge in [-0.25, -0.2) is 15.2 Å². The first-order valence-corrected chi connectivity index (χ1v) is 10.4. The van der Waals surface area contributed by atoms with Gasteiger partial charge in [0, 0.05) is 28.9 Å². The molecule has 3 aromatic rings. The minimum Gasteiger partial charge on any atom is -0.455 e. The average Bonchev–Trinajstić information content (AvgIpc) is 3.23. The molecule has 0 atom stereocenters. The number of aromatic nitrogens is 2. The van der Waals surface area contributed by atoms with Gasteiger partial charge in [0.1, 0.15) is 5.75 Å². The van der Waals surface area contributed by atoms with Crippen LogP contribution in [0, 0.1) is 0 Å². The van der Waals surface area contributed by atoms with E-state index in [1.54, 1.807) is 30.7 Å². The number of hydrazine groups is 1. The van der Waals surface area contributed by atoms with Crippen molar-refractivity contribution in [1.82, 2.24) is 20.8 Å². The topological polar surface area (TPSA) is 99.3 Å². The van der Waals surface area contributed by atoms with Gasteiger partial charge in [-0.05, 0) is 43.5 Å². The van der Waals surface area contributed by atoms with Gasteiger partial charge in [-0.15, -0.1) is 0 Å². The number of unbranched alkanes of at least 4 members (excludes halogenated alkanes) is 1. The van der Waals surface area contributed by atoms with Gasteiger partial charge in [-0.2, -0.15) is 0 Å². The summed E-state index contributed by atoms with van der Waals surface area (Å²) in [4.78, 5) is 33.6. The van der Waals surface area contributed by atoms with Gasteiger partial charge in [0.05, 0.1) is 18.6 Å². The number of imidazole rings is 1. The quantitative estimate of drug-likeness (QED) is 0.407. The highest BCUT2D eigenvalue weighted by Gasteiger charge is 2.26. The van der Waals surface area contributed by atoms with Gasteiger partial charge in [-0.3, -0.25) is 15.1 Å². The van der Waals surface area contributed by atoms with Crippen molar-refractivity contribution in [3.63, 3.8) is 0 Å². The SMILES string of the molecule is O=C(CCCCc1cnc[nH]1)NNC(=O)N1Cc2ccccc2Oc2ccc(Cl)cc21. The number of nitrogens with one attached hydrogen (secondary N) is 3. The summed E-state index contributed by atoms with van der Waals surface area (Å²) >= 11 is 6.16. The molecule has 1 aliphatic heterocycles. The fraction of sp³-hybridized carbons (Fsp3) is 0.227. The molecular formula is C22H22ClN5O3. The Hall–Kier alpha value is -3.52. The number of urea groups is 1. The summed E-state index contributed by atoms with van der Waals surface area (Å²) < 4.78 is 5.98. The number of carbonyl (C=O) groups is 2. The molecule has 0 radical (unpaired) electrons. The number of nitrogens with zero attached hydrogens (tertiary/aromatic N) is 2. The Kier molecular flexibility index (Phi) is 6.37. The molecular weight excluding hydrogens is 418 g/mol. The number of aromatic amines is 1. The molecule has 0 aliphatic carbocycles. The van der Waals surface area contributed by atoms with Crippen molar-refractivity contribution in [3.8, 4) is 11.5 Å². The Morgan fingerprint density at radius 1 is 1.13 bits per heavy atom. The van der Waals surface area contributed by atoms with Crippen LogP contribution in [0.4, 0.5) is 10.5 Å². The molecule has 0 saturated heterocycles. The molecule has 3 N–H and O–H groups in total. The van der Waals surface area contributed by atoms with Crippen molar-refractivity contribution in [1.29, 1.82) is 0 Å². The third kappa shape index (κ3) is 5.16. The minimum atomic E-state index is -0.477. The number of para-hydroxylation sites is 1. The maximum Gasteiger partial charge on any atom is 0.341 e. The molecule has 0 bridgehead atoms. The molecule has 9 heteroatoms. The molecule has 31 heavy (non-hydrogen) atoms. The first-order chi connectivity index (χ1) is 15.1. The zero-order valence-electron chi connectivity index (χ0n) is 16.7.